The number of phenolic OH excluding ortho intramolecular Hbond substituents is 1. The summed E-state index contributed by atoms with van der Waals surface area (Å²) >= 11 is 0. The highest BCUT2D eigenvalue weighted by atomic mass is 16.4. The van der Waals surface area contributed by atoms with Crippen LogP contribution in [-0.2, 0) is 59.2 Å². The molecule has 0 unspecified atom stereocenters. The van der Waals surface area contributed by atoms with Crippen LogP contribution in [0.25, 0.3) is 0 Å². The average molecular weight is 1450 g/mol. The molecule has 9 atom stereocenters. The molecule has 0 heterocycles. The largest absolute Gasteiger partial charge is 0.507 e. The molecule has 0 saturated carbocycles. The summed E-state index contributed by atoms with van der Waals surface area (Å²) in [6.07, 6.45) is -0.595. The van der Waals surface area contributed by atoms with Gasteiger partial charge in [-0.05, 0) is 153 Å². The highest BCUT2D eigenvalue weighted by molar-refractivity contribution is 5.99. The Kier molecular flexibility index (Phi) is 43.3. The van der Waals surface area contributed by atoms with E-state index in [0.29, 0.717) is 18.4 Å². The average Bonchev–Trinajstić information content (AvgIpc) is 0.840. The van der Waals surface area contributed by atoms with Crippen LogP contribution in [0.2, 0.25) is 0 Å². The molecule has 0 bridgehead atoms. The topological polar surface area (TPSA) is 780 Å². The normalized spacial score (nSPS) is 13.4. The van der Waals surface area contributed by atoms with Gasteiger partial charge in [0.25, 0.3) is 0 Å². The van der Waals surface area contributed by atoms with Gasteiger partial charge in [0.05, 0.1) is 18.2 Å². The third-order valence-electron chi connectivity index (χ3n) is 15.0. The smallest absolute Gasteiger partial charge is 0.326 e. The second-order valence-electron chi connectivity index (χ2n) is 23.6. The predicted molar refractivity (Wildman–Crippen MR) is 380 cm³/mol. The zero-order valence-electron chi connectivity index (χ0n) is 57.6. The Labute approximate surface area is 590 Å². The number of aliphatic imine (C=N–C) groups is 5. The number of carboxylic acid groups (broad SMARTS) is 1. The summed E-state index contributed by atoms with van der Waals surface area (Å²) in [5.74, 6) is -12.8. The summed E-state index contributed by atoms with van der Waals surface area (Å²) in [5.41, 5.74) is 78.8. The van der Waals surface area contributed by atoms with Crippen LogP contribution in [0.15, 0.2) is 43.2 Å². The first-order valence-corrected chi connectivity index (χ1v) is 33.2. The molecule has 0 aromatic heterocycles. The maximum atomic E-state index is 14.7. The van der Waals surface area contributed by atoms with Gasteiger partial charge in [-0.25, -0.2) is 4.79 Å². The lowest BCUT2D eigenvalue weighted by atomic mass is 10.0. The van der Waals surface area contributed by atoms with Gasteiger partial charge in [-0.15, -0.1) is 0 Å². The van der Waals surface area contributed by atoms with Crippen LogP contribution >= 0.6 is 0 Å². The zero-order chi connectivity index (χ0) is 76.9. The zero-order valence-corrected chi connectivity index (χ0v) is 57.6. The van der Waals surface area contributed by atoms with Crippen molar-refractivity contribution in [3.8, 4) is 5.75 Å². The first kappa shape index (κ1) is 89.1. The summed E-state index contributed by atoms with van der Waals surface area (Å²) in [6.45, 7) is 0.759. The number of phenols is 1. The van der Waals surface area contributed by atoms with E-state index in [1.54, 1.807) is 0 Å². The molecule has 0 aliphatic heterocycles. The van der Waals surface area contributed by atoms with Gasteiger partial charge < -0.3 is 138 Å². The van der Waals surface area contributed by atoms with E-state index in [4.69, 9.17) is 80.3 Å². The van der Waals surface area contributed by atoms with Gasteiger partial charge in [0.1, 0.15) is 54.1 Å². The summed E-state index contributed by atoms with van der Waals surface area (Å²) in [6, 6.07) is -9.15. The number of aromatic hydroxyl groups is 1. The van der Waals surface area contributed by atoms with E-state index in [1.807, 2.05) is 0 Å². The highest BCUT2D eigenvalue weighted by Gasteiger charge is 2.35. The number of amides is 10. The predicted octanol–water partition coefficient (Wildman–Crippen LogP) is -9.66. The number of carbonyl (C=O) groups excluding carboxylic acids is 11. The van der Waals surface area contributed by atoms with Gasteiger partial charge in [-0.1, -0.05) is 6.07 Å². The molecular weight excluding hydrogens is 1340 g/mol. The Bertz CT molecular complexity index is 3080. The molecular formula is C60H108N28O14. The molecule has 1 aromatic carbocycles. The minimum Gasteiger partial charge on any atom is -0.507 e. The number of rotatable bonds is 53. The van der Waals surface area contributed by atoms with Crippen molar-refractivity contribution in [2.24, 2.45) is 105 Å². The van der Waals surface area contributed by atoms with Crippen molar-refractivity contribution in [2.45, 2.75) is 183 Å². The number of carbonyl (C=O) groups is 12. The number of aliphatic carboxylic acids is 1. The molecule has 1 aromatic rings. The first-order chi connectivity index (χ1) is 48.2. The Morgan fingerprint density at radius 3 is 0.990 bits per heavy atom. The SMILES string of the molecule is CC(=O)c1cc(C[C@H](N)C(=O)NCC(=O)N[C@@H](CCCN=C(N)N)C(=O)N[C@@H](CCCCN)C(=O)N[C@@H](CCCCN)C(=O)N[C@@H](CCCN=C(N)N)C(=O)N[C@@H](CCCN=C(N)N)C(=O)N[C@@H](CCC(N)=O)C(=O)N[C@@H](CCCN=C(N)N)C(=O)N[C@@H](CCCN=C(N)N)C(=O)O)ccc1O. The quantitative estimate of drug-likeness (QED) is 0.0125. The van der Waals surface area contributed by atoms with Crippen LogP contribution < -0.4 is 128 Å². The monoisotopic (exact) mass is 1440 g/mol. The number of guanidine groups is 5. The lowest BCUT2D eigenvalue weighted by molar-refractivity contribution is -0.142. The molecule has 102 heavy (non-hydrogen) atoms. The van der Waals surface area contributed by atoms with E-state index in [9.17, 15) is 67.7 Å². The third kappa shape index (κ3) is 39.0. The van der Waals surface area contributed by atoms with Gasteiger partial charge in [0, 0.05) is 39.1 Å². The number of hydrogen-bond acceptors (Lipinski definition) is 21. The van der Waals surface area contributed by atoms with Crippen molar-refractivity contribution in [1.29, 1.82) is 0 Å². The molecule has 0 spiro atoms. The van der Waals surface area contributed by atoms with Crippen LogP contribution in [0.3, 0.4) is 0 Å². The molecule has 10 amide bonds. The maximum absolute atomic E-state index is 14.7. The second-order valence-corrected chi connectivity index (χ2v) is 23.6. The van der Waals surface area contributed by atoms with Crippen molar-refractivity contribution in [2.75, 3.05) is 52.4 Å². The lowest BCUT2D eigenvalue weighted by Crippen LogP contribution is -2.60. The molecule has 0 fully saturated rings. The molecule has 42 heteroatoms. The van der Waals surface area contributed by atoms with Crippen LogP contribution in [-0.4, -0.2) is 218 Å². The molecule has 0 radical (unpaired) electrons. The van der Waals surface area contributed by atoms with E-state index in [-0.39, 0.29) is 183 Å². The molecule has 0 aliphatic carbocycles. The first-order valence-electron chi connectivity index (χ1n) is 33.2. The number of nitrogens with zero attached hydrogens (tertiary/aromatic N) is 5. The second kappa shape index (κ2) is 49.6. The minimum atomic E-state index is -1.68. The number of unbranched alkanes of at least 4 members (excludes halogenated alkanes) is 2. The standard InChI is InChI=1S/C60H108N28O14/c1-32(89)34-29-33(18-20-44(34)90)30-35(63)47(93)80-31-46(92)81-36(13-6-24-75-56(65)66)48(94)82-37(11-2-4-22-61)49(95)83-38(12-3-5-23-62)50(96)84-39(14-7-25-76-57(67)68)51(97)85-40(15-8-26-77-58(69)70)52(98)87-42(19-21-45(64)91)54(100)86-41(16-9-27-78-59(71)72)53(99)88-43(55(101)102)17-10-28-79-60(73)74/h18,20,29,35-43,90H,2-17,19,21-28,30-31,61-63H2,1H3,(H2,64,91)(H,80,93)(H,81,92)(H,82,94)(H,83,95)(H,84,96)(H,85,97)(H,86,100)(H,87,98)(H,88,99)(H,101,102)(H4,65,66,75)(H4,67,68,76)(H4,69,70,77)(H4,71,72,78)(H4,73,74,79)/t35-,36-,37-,38-,39-,40-,41-,42-,43-/m0/s1. The maximum Gasteiger partial charge on any atom is 0.326 e. The summed E-state index contributed by atoms with van der Waals surface area (Å²) in [4.78, 5) is 183. The van der Waals surface area contributed by atoms with Gasteiger partial charge in [-0.2, -0.15) is 0 Å². The number of nitrogens with one attached hydrogen (secondary N) is 9. The van der Waals surface area contributed by atoms with E-state index < -0.39 is 145 Å². The van der Waals surface area contributed by atoms with Gasteiger partial charge in [-0.3, -0.25) is 77.7 Å². The molecule has 1 rings (SSSR count). The van der Waals surface area contributed by atoms with E-state index in [0.717, 1.165) is 0 Å². The van der Waals surface area contributed by atoms with Gasteiger partial charge >= 0.3 is 5.97 Å². The number of carboxylic acids is 1. The molecule has 572 valence electrons. The Balaban J connectivity index is 3.78. The number of Topliss-reactive ketones (excluding diaryl/α,β-unsaturated/α-hetero) is 1. The van der Waals surface area contributed by atoms with Crippen LogP contribution in [0.5, 0.6) is 5.75 Å². The summed E-state index contributed by atoms with van der Waals surface area (Å²) in [5, 5.41) is 42.9. The summed E-state index contributed by atoms with van der Waals surface area (Å²) < 4.78 is 0. The molecule has 0 aliphatic rings. The van der Waals surface area contributed by atoms with Gasteiger partial charge in [0.15, 0.2) is 35.6 Å². The number of primary amides is 1. The van der Waals surface area contributed by atoms with Crippen molar-refractivity contribution in [3.05, 3.63) is 29.3 Å². The van der Waals surface area contributed by atoms with E-state index >= 15 is 0 Å². The van der Waals surface area contributed by atoms with Crippen molar-refractivity contribution >= 4 is 101 Å². The van der Waals surface area contributed by atoms with Gasteiger partial charge in [0.2, 0.25) is 59.1 Å². The lowest BCUT2D eigenvalue weighted by Gasteiger charge is -2.28. The molecule has 39 N–H and O–H groups in total. The third-order valence-corrected chi connectivity index (χ3v) is 15.0. The molecule has 42 nitrogen and oxygen atoms in total. The van der Waals surface area contributed by atoms with E-state index in [2.05, 4.69) is 72.8 Å². The fourth-order valence-corrected chi connectivity index (χ4v) is 9.72. The Morgan fingerprint density at radius 2 is 0.696 bits per heavy atom. The summed E-state index contributed by atoms with van der Waals surface area (Å²) in [7, 11) is 0. The Hall–Kier alpha value is -10.9. The minimum absolute atomic E-state index is 0.00276. The van der Waals surface area contributed by atoms with E-state index in [1.165, 1.54) is 25.1 Å². The van der Waals surface area contributed by atoms with Crippen molar-refractivity contribution in [3.63, 3.8) is 0 Å². The number of nitrogens with two attached hydrogens (primary N) is 14. The number of ketones is 1. The van der Waals surface area contributed by atoms with Crippen molar-refractivity contribution < 1.29 is 67.7 Å². The van der Waals surface area contributed by atoms with Crippen LogP contribution in [0, 0.1) is 0 Å². The number of hydrogen-bond donors (Lipinski definition) is 25. The highest BCUT2D eigenvalue weighted by Crippen LogP contribution is 2.20. The molecule has 0 saturated heterocycles. The van der Waals surface area contributed by atoms with Crippen LogP contribution in [0.4, 0.5) is 0 Å². The fourth-order valence-electron chi connectivity index (χ4n) is 9.72. The van der Waals surface area contributed by atoms with Crippen LogP contribution in [0.1, 0.15) is 138 Å². The van der Waals surface area contributed by atoms with Crippen molar-refractivity contribution in [1.82, 2.24) is 47.9 Å². The fraction of sp³-hybridized carbons (Fsp3) is 0.617. The number of benzene rings is 1. The Morgan fingerprint density at radius 1 is 0.402 bits per heavy atom.